The Hall–Kier alpha value is -1.51. The molecule has 1 aromatic carbocycles. The molecule has 3 atom stereocenters. The van der Waals surface area contributed by atoms with E-state index in [0.29, 0.717) is 12.8 Å². The van der Waals surface area contributed by atoms with E-state index in [1.807, 2.05) is 0 Å². The summed E-state index contributed by atoms with van der Waals surface area (Å²) in [6.07, 6.45) is 2.79. The Bertz CT molecular complexity index is 662. The minimum Gasteiger partial charge on any atom is -0.328 e. The van der Waals surface area contributed by atoms with Gasteiger partial charge in [-0.3, -0.25) is 10.1 Å². The van der Waals surface area contributed by atoms with Crippen LogP contribution in [0.5, 0.6) is 0 Å². The first-order valence-corrected chi connectivity index (χ1v) is 8.38. The molecule has 2 bridgehead atoms. The van der Waals surface area contributed by atoms with E-state index in [0.717, 1.165) is 12.8 Å². The first-order chi connectivity index (χ1) is 9.91. The molecule has 8 heteroatoms. The van der Waals surface area contributed by atoms with E-state index < -0.39 is 14.9 Å². The number of nitro groups is 1. The van der Waals surface area contributed by atoms with Crippen LogP contribution in [-0.2, 0) is 10.0 Å². The number of para-hydroxylation sites is 1. The maximum absolute atomic E-state index is 12.9. The van der Waals surface area contributed by atoms with E-state index in [9.17, 15) is 18.5 Å². The summed E-state index contributed by atoms with van der Waals surface area (Å²) in [4.78, 5) is 10.2. The van der Waals surface area contributed by atoms with Gasteiger partial charge < -0.3 is 5.73 Å². The number of benzene rings is 1. The number of sulfonamides is 1. The van der Waals surface area contributed by atoms with E-state index in [1.54, 1.807) is 0 Å². The van der Waals surface area contributed by atoms with Gasteiger partial charge in [-0.1, -0.05) is 12.1 Å². The van der Waals surface area contributed by atoms with Gasteiger partial charge in [0.15, 0.2) is 4.90 Å². The van der Waals surface area contributed by atoms with Gasteiger partial charge in [0, 0.05) is 24.2 Å². The molecule has 7 nitrogen and oxygen atoms in total. The van der Waals surface area contributed by atoms with Crippen molar-refractivity contribution in [2.24, 2.45) is 5.73 Å². The molecular formula is C13H17N3O4S. The van der Waals surface area contributed by atoms with Crippen molar-refractivity contribution >= 4 is 15.7 Å². The molecule has 0 spiro atoms. The molecule has 2 saturated heterocycles. The first-order valence-electron chi connectivity index (χ1n) is 6.94. The smallest absolute Gasteiger partial charge is 0.289 e. The van der Waals surface area contributed by atoms with Crippen LogP contribution in [-0.4, -0.2) is 35.8 Å². The van der Waals surface area contributed by atoms with Gasteiger partial charge in [-0.05, 0) is 31.7 Å². The fraction of sp³-hybridized carbons (Fsp3) is 0.538. The van der Waals surface area contributed by atoms with E-state index in [2.05, 4.69) is 0 Å². The fourth-order valence-corrected chi connectivity index (χ4v) is 5.56. The van der Waals surface area contributed by atoms with Gasteiger partial charge in [-0.2, -0.15) is 4.31 Å². The Morgan fingerprint density at radius 3 is 2.33 bits per heavy atom. The number of fused-ring (bicyclic) bond motifs is 2. The summed E-state index contributed by atoms with van der Waals surface area (Å²) in [6, 6.07) is 5.26. The summed E-state index contributed by atoms with van der Waals surface area (Å²) in [5, 5.41) is 11.1. The van der Waals surface area contributed by atoms with Crippen molar-refractivity contribution in [1.82, 2.24) is 4.31 Å². The normalized spacial score (nSPS) is 29.5. The van der Waals surface area contributed by atoms with Crippen LogP contribution in [0.4, 0.5) is 5.69 Å². The van der Waals surface area contributed by atoms with Crippen LogP contribution >= 0.6 is 0 Å². The third-order valence-electron chi connectivity index (χ3n) is 4.32. The third-order valence-corrected chi connectivity index (χ3v) is 6.37. The van der Waals surface area contributed by atoms with Gasteiger partial charge in [0.25, 0.3) is 5.69 Å². The monoisotopic (exact) mass is 311 g/mol. The van der Waals surface area contributed by atoms with Crippen molar-refractivity contribution in [3.05, 3.63) is 34.4 Å². The quantitative estimate of drug-likeness (QED) is 0.667. The van der Waals surface area contributed by atoms with Crippen LogP contribution in [0.2, 0.25) is 0 Å². The van der Waals surface area contributed by atoms with Crippen molar-refractivity contribution < 1.29 is 13.3 Å². The van der Waals surface area contributed by atoms with Gasteiger partial charge in [-0.25, -0.2) is 8.42 Å². The number of hydrogen-bond donors (Lipinski definition) is 1. The molecule has 2 N–H and O–H groups in total. The lowest BCUT2D eigenvalue weighted by Crippen LogP contribution is -2.50. The van der Waals surface area contributed by atoms with Crippen molar-refractivity contribution in [3.8, 4) is 0 Å². The van der Waals surface area contributed by atoms with E-state index in [-0.39, 0.29) is 28.7 Å². The van der Waals surface area contributed by atoms with E-state index >= 15 is 0 Å². The number of piperidine rings is 1. The molecule has 2 aliphatic heterocycles. The van der Waals surface area contributed by atoms with Crippen LogP contribution in [0, 0.1) is 10.1 Å². The van der Waals surface area contributed by atoms with Gasteiger partial charge >= 0.3 is 0 Å². The highest BCUT2D eigenvalue weighted by atomic mass is 32.2. The molecule has 0 aromatic heterocycles. The zero-order valence-corrected chi connectivity index (χ0v) is 12.2. The van der Waals surface area contributed by atoms with Crippen LogP contribution in [0.25, 0.3) is 0 Å². The first kappa shape index (κ1) is 14.4. The number of nitrogens with zero attached hydrogens (tertiary/aromatic N) is 2. The average molecular weight is 311 g/mol. The van der Waals surface area contributed by atoms with Crippen molar-refractivity contribution in [2.45, 2.75) is 48.7 Å². The molecule has 21 heavy (non-hydrogen) atoms. The van der Waals surface area contributed by atoms with Gasteiger partial charge in [0.2, 0.25) is 10.0 Å². The van der Waals surface area contributed by atoms with Gasteiger partial charge in [0.1, 0.15) is 0 Å². The number of hydrogen-bond acceptors (Lipinski definition) is 5. The van der Waals surface area contributed by atoms with Crippen LogP contribution in [0.15, 0.2) is 29.2 Å². The number of rotatable bonds is 3. The highest BCUT2D eigenvalue weighted by molar-refractivity contribution is 7.89. The third kappa shape index (κ3) is 2.33. The zero-order chi connectivity index (χ0) is 15.2. The van der Waals surface area contributed by atoms with Crippen LogP contribution < -0.4 is 5.73 Å². The minimum atomic E-state index is -3.86. The average Bonchev–Trinajstić information content (AvgIpc) is 2.72. The zero-order valence-electron chi connectivity index (χ0n) is 11.4. The van der Waals surface area contributed by atoms with Gasteiger partial charge in [-0.15, -0.1) is 0 Å². The fourth-order valence-electron chi connectivity index (χ4n) is 3.51. The topological polar surface area (TPSA) is 107 Å². The summed E-state index contributed by atoms with van der Waals surface area (Å²) < 4.78 is 27.2. The second kappa shape index (κ2) is 5.04. The molecule has 114 valence electrons. The number of nitrogens with two attached hydrogens (primary N) is 1. The molecule has 0 saturated carbocycles. The van der Waals surface area contributed by atoms with Crippen molar-refractivity contribution in [3.63, 3.8) is 0 Å². The Kier molecular flexibility index (Phi) is 3.46. The Labute approximate surface area is 122 Å². The van der Waals surface area contributed by atoms with E-state index in [1.165, 1.54) is 28.6 Å². The lowest BCUT2D eigenvalue weighted by atomic mass is 10.0. The molecular weight excluding hydrogens is 294 g/mol. The summed E-state index contributed by atoms with van der Waals surface area (Å²) in [7, 11) is -3.86. The summed E-state index contributed by atoms with van der Waals surface area (Å²) in [5.41, 5.74) is 5.58. The van der Waals surface area contributed by atoms with E-state index in [4.69, 9.17) is 5.73 Å². The van der Waals surface area contributed by atoms with Crippen LogP contribution in [0.1, 0.15) is 25.7 Å². The Balaban J connectivity index is 2.05. The molecule has 1 aromatic rings. The summed E-state index contributed by atoms with van der Waals surface area (Å²) in [5.74, 6) is 0. The van der Waals surface area contributed by atoms with Crippen molar-refractivity contribution in [1.29, 1.82) is 0 Å². The second-order valence-electron chi connectivity index (χ2n) is 5.68. The SMILES string of the molecule is NC1C[C@H]2CC[C@@H](C1)N2S(=O)(=O)c1ccccc1[N+](=O)[O-]. The van der Waals surface area contributed by atoms with Gasteiger partial charge in [0.05, 0.1) is 4.92 Å². The molecule has 0 aliphatic carbocycles. The lowest BCUT2D eigenvalue weighted by molar-refractivity contribution is -0.387. The number of nitro benzene ring substituents is 1. The van der Waals surface area contributed by atoms with Crippen LogP contribution in [0.3, 0.4) is 0 Å². The Morgan fingerprint density at radius 2 is 1.76 bits per heavy atom. The van der Waals surface area contributed by atoms with Crippen molar-refractivity contribution in [2.75, 3.05) is 0 Å². The largest absolute Gasteiger partial charge is 0.328 e. The molecule has 2 fully saturated rings. The predicted octanol–water partition coefficient (Wildman–Crippen LogP) is 1.24. The molecule has 1 unspecified atom stereocenters. The summed E-state index contributed by atoms with van der Waals surface area (Å²) in [6.45, 7) is 0. The predicted molar refractivity (Wildman–Crippen MR) is 76.1 cm³/mol. The molecule has 3 rings (SSSR count). The maximum atomic E-state index is 12.9. The minimum absolute atomic E-state index is 0.0136. The lowest BCUT2D eigenvalue weighted by Gasteiger charge is -2.36. The highest BCUT2D eigenvalue weighted by Gasteiger charge is 2.47. The highest BCUT2D eigenvalue weighted by Crippen LogP contribution is 2.40. The summed E-state index contributed by atoms with van der Waals surface area (Å²) >= 11 is 0. The molecule has 0 amide bonds. The molecule has 0 radical (unpaired) electrons. The second-order valence-corrected chi connectivity index (χ2v) is 7.49. The standard InChI is InChI=1S/C13H17N3O4S/c14-9-7-10-5-6-11(8-9)15(10)21(19,20)13-4-2-1-3-12(13)16(17)18/h1-4,9-11H,5-8,14H2/t9?,10-,11+. The Morgan fingerprint density at radius 1 is 1.19 bits per heavy atom. The molecule has 2 heterocycles. The maximum Gasteiger partial charge on any atom is 0.289 e. The molecule has 2 aliphatic rings.